The second kappa shape index (κ2) is 8.65. The van der Waals surface area contributed by atoms with Gasteiger partial charge in [0.2, 0.25) is 0 Å². The SMILES string of the molecule is O=C(O[C@H]1CCC(c2cc(-n3ccnc3)c3ccc(Cl)c(Cl)c3n2)C1)N1CCOCC1. The first-order chi connectivity index (χ1) is 15.1. The van der Waals surface area contributed by atoms with Gasteiger partial charge in [0.25, 0.3) is 0 Å². The molecule has 0 radical (unpaired) electrons. The van der Waals surface area contributed by atoms with Gasteiger partial charge in [0, 0.05) is 42.5 Å². The molecule has 7 nitrogen and oxygen atoms in total. The van der Waals surface area contributed by atoms with E-state index in [-0.39, 0.29) is 18.1 Å². The first-order valence-electron chi connectivity index (χ1n) is 10.4. The third-order valence-corrected chi connectivity index (χ3v) is 6.79. The van der Waals surface area contributed by atoms with Crippen molar-refractivity contribution in [3.05, 3.63) is 52.7 Å². The molecule has 0 N–H and O–H groups in total. The van der Waals surface area contributed by atoms with Crippen molar-refractivity contribution < 1.29 is 14.3 Å². The normalized spacial score (nSPS) is 21.5. The summed E-state index contributed by atoms with van der Waals surface area (Å²) in [5.74, 6) is 0.171. The fourth-order valence-electron chi connectivity index (χ4n) is 4.34. The molecular formula is C22H22Cl2N4O3. The maximum atomic E-state index is 12.5. The highest BCUT2D eigenvalue weighted by atomic mass is 35.5. The lowest BCUT2D eigenvalue weighted by Crippen LogP contribution is -2.42. The van der Waals surface area contributed by atoms with Crippen molar-refractivity contribution >= 4 is 40.2 Å². The van der Waals surface area contributed by atoms with E-state index in [9.17, 15) is 4.79 Å². The van der Waals surface area contributed by atoms with E-state index in [1.807, 2.05) is 16.8 Å². The molecule has 162 valence electrons. The maximum absolute atomic E-state index is 12.5. The molecule has 1 saturated heterocycles. The van der Waals surface area contributed by atoms with Crippen LogP contribution in [0.3, 0.4) is 0 Å². The summed E-state index contributed by atoms with van der Waals surface area (Å²) >= 11 is 12.8. The van der Waals surface area contributed by atoms with E-state index in [2.05, 4.69) is 11.1 Å². The minimum Gasteiger partial charge on any atom is -0.446 e. The van der Waals surface area contributed by atoms with Crippen LogP contribution in [0.25, 0.3) is 16.6 Å². The number of morpholine rings is 1. The zero-order valence-corrected chi connectivity index (χ0v) is 18.3. The summed E-state index contributed by atoms with van der Waals surface area (Å²) in [6, 6.07) is 5.78. The summed E-state index contributed by atoms with van der Waals surface area (Å²) in [5.41, 5.74) is 2.54. The fraction of sp³-hybridized carbons (Fsp3) is 0.409. The average Bonchev–Trinajstić information content (AvgIpc) is 3.49. The Hall–Kier alpha value is -2.35. The zero-order valence-electron chi connectivity index (χ0n) is 16.8. The Morgan fingerprint density at radius 2 is 2.03 bits per heavy atom. The molecule has 31 heavy (non-hydrogen) atoms. The van der Waals surface area contributed by atoms with E-state index in [1.165, 1.54) is 0 Å². The van der Waals surface area contributed by atoms with E-state index in [1.54, 1.807) is 23.5 Å². The number of pyridine rings is 1. The molecule has 5 rings (SSSR count). The second-order valence-corrected chi connectivity index (χ2v) is 8.69. The van der Waals surface area contributed by atoms with E-state index in [0.717, 1.165) is 36.0 Å². The van der Waals surface area contributed by atoms with Crippen molar-refractivity contribution in [3.8, 4) is 5.69 Å². The molecule has 1 saturated carbocycles. The summed E-state index contributed by atoms with van der Waals surface area (Å²) < 4.78 is 13.0. The fourth-order valence-corrected chi connectivity index (χ4v) is 4.70. The van der Waals surface area contributed by atoms with Crippen molar-refractivity contribution in [2.24, 2.45) is 0 Å². The number of carbonyl (C=O) groups is 1. The lowest BCUT2D eigenvalue weighted by atomic mass is 10.0. The molecule has 1 unspecified atom stereocenters. The van der Waals surface area contributed by atoms with E-state index >= 15 is 0 Å². The van der Waals surface area contributed by atoms with Gasteiger partial charge in [0.05, 0.1) is 40.8 Å². The Kier molecular flexibility index (Phi) is 5.73. The Labute approximate surface area is 189 Å². The van der Waals surface area contributed by atoms with E-state index < -0.39 is 0 Å². The number of carbonyl (C=O) groups excluding carboxylic acids is 1. The molecule has 2 atom stereocenters. The summed E-state index contributed by atoms with van der Waals surface area (Å²) in [7, 11) is 0. The van der Waals surface area contributed by atoms with Crippen LogP contribution in [0.4, 0.5) is 4.79 Å². The minimum absolute atomic E-state index is 0.121. The Bertz CT molecular complexity index is 1100. The number of imidazole rings is 1. The average molecular weight is 461 g/mol. The van der Waals surface area contributed by atoms with Gasteiger partial charge in [-0.3, -0.25) is 4.98 Å². The van der Waals surface area contributed by atoms with Crippen LogP contribution in [0.15, 0.2) is 36.9 Å². The standard InChI is InChI=1S/C22H22Cl2N4O3/c23-17-4-3-16-19(28-6-5-25-13-28)12-18(26-21(16)20(17)24)14-1-2-15(11-14)31-22(29)27-7-9-30-10-8-27/h3-6,12-15H,1-2,7-11H2/t14?,15-/m0/s1. The number of hydrogen-bond donors (Lipinski definition) is 0. The minimum atomic E-state index is -0.255. The van der Waals surface area contributed by atoms with Gasteiger partial charge >= 0.3 is 6.09 Å². The molecule has 2 aromatic heterocycles. The third kappa shape index (κ3) is 4.10. The van der Waals surface area contributed by atoms with Gasteiger partial charge in [-0.05, 0) is 37.5 Å². The number of halogens is 2. The lowest BCUT2D eigenvalue weighted by molar-refractivity contribution is 0.0135. The number of benzene rings is 1. The van der Waals surface area contributed by atoms with Gasteiger partial charge in [-0.2, -0.15) is 0 Å². The van der Waals surface area contributed by atoms with Gasteiger partial charge in [-0.15, -0.1) is 0 Å². The summed E-state index contributed by atoms with van der Waals surface area (Å²) in [6.07, 6.45) is 7.44. The van der Waals surface area contributed by atoms with Gasteiger partial charge in [0.1, 0.15) is 6.10 Å². The monoisotopic (exact) mass is 460 g/mol. The highest BCUT2D eigenvalue weighted by Crippen LogP contribution is 2.39. The molecule has 3 heterocycles. The molecule has 9 heteroatoms. The van der Waals surface area contributed by atoms with Crippen molar-refractivity contribution in [1.29, 1.82) is 0 Å². The Morgan fingerprint density at radius 1 is 1.19 bits per heavy atom. The van der Waals surface area contributed by atoms with Crippen molar-refractivity contribution in [2.75, 3.05) is 26.3 Å². The molecular weight excluding hydrogens is 439 g/mol. The quantitative estimate of drug-likeness (QED) is 0.559. The van der Waals surface area contributed by atoms with Crippen molar-refractivity contribution in [2.45, 2.75) is 31.3 Å². The van der Waals surface area contributed by atoms with Crippen LogP contribution in [0.2, 0.25) is 10.0 Å². The third-order valence-electron chi connectivity index (χ3n) is 5.99. The molecule has 0 spiro atoms. The van der Waals surface area contributed by atoms with Gasteiger partial charge in [-0.25, -0.2) is 9.78 Å². The molecule has 1 amide bonds. The van der Waals surface area contributed by atoms with Crippen molar-refractivity contribution in [3.63, 3.8) is 0 Å². The lowest BCUT2D eigenvalue weighted by Gasteiger charge is -2.27. The first-order valence-corrected chi connectivity index (χ1v) is 11.2. The number of aromatic nitrogens is 3. The van der Waals surface area contributed by atoms with Gasteiger partial charge < -0.3 is 18.9 Å². The van der Waals surface area contributed by atoms with Crippen molar-refractivity contribution in [1.82, 2.24) is 19.4 Å². The summed E-state index contributed by atoms with van der Waals surface area (Å²) in [6.45, 7) is 2.27. The number of ether oxygens (including phenoxy) is 2. The molecule has 1 aromatic carbocycles. The van der Waals surface area contributed by atoms with E-state index in [4.69, 9.17) is 37.7 Å². The Balaban J connectivity index is 1.41. The molecule has 0 bridgehead atoms. The summed E-state index contributed by atoms with van der Waals surface area (Å²) in [4.78, 5) is 23.2. The van der Waals surface area contributed by atoms with E-state index in [0.29, 0.717) is 41.9 Å². The molecule has 2 fully saturated rings. The highest BCUT2D eigenvalue weighted by Gasteiger charge is 2.32. The van der Waals surface area contributed by atoms with Crippen LogP contribution >= 0.6 is 23.2 Å². The topological polar surface area (TPSA) is 69.5 Å². The van der Waals surface area contributed by atoms with Crippen LogP contribution in [0.1, 0.15) is 30.9 Å². The number of rotatable bonds is 3. The molecule has 1 aliphatic carbocycles. The maximum Gasteiger partial charge on any atom is 0.410 e. The predicted octanol–water partition coefficient (Wildman–Crippen LogP) is 4.83. The molecule has 3 aromatic rings. The van der Waals surface area contributed by atoms with Gasteiger partial charge in [0.15, 0.2) is 0 Å². The smallest absolute Gasteiger partial charge is 0.410 e. The number of amides is 1. The first kappa shape index (κ1) is 20.5. The molecule has 2 aliphatic rings. The summed E-state index contributed by atoms with van der Waals surface area (Å²) in [5, 5.41) is 1.82. The van der Waals surface area contributed by atoms with Crippen LogP contribution in [-0.4, -0.2) is 57.9 Å². The second-order valence-electron chi connectivity index (χ2n) is 7.91. The zero-order chi connectivity index (χ0) is 21.4. The van der Waals surface area contributed by atoms with Crippen LogP contribution in [0.5, 0.6) is 0 Å². The largest absolute Gasteiger partial charge is 0.446 e. The molecule has 1 aliphatic heterocycles. The highest BCUT2D eigenvalue weighted by molar-refractivity contribution is 6.45. The predicted molar refractivity (Wildman–Crippen MR) is 118 cm³/mol. The number of nitrogens with zero attached hydrogens (tertiary/aromatic N) is 4. The van der Waals surface area contributed by atoms with Crippen LogP contribution in [-0.2, 0) is 9.47 Å². The number of hydrogen-bond acceptors (Lipinski definition) is 5. The number of fused-ring (bicyclic) bond motifs is 1. The van der Waals surface area contributed by atoms with Crippen LogP contribution in [0, 0.1) is 0 Å². The van der Waals surface area contributed by atoms with Crippen LogP contribution < -0.4 is 0 Å². The Morgan fingerprint density at radius 3 is 2.81 bits per heavy atom. The van der Waals surface area contributed by atoms with Gasteiger partial charge in [-0.1, -0.05) is 23.2 Å².